The third-order valence-corrected chi connectivity index (χ3v) is 4.17. The molecular weight excluding hydrogens is 268 g/mol. The van der Waals surface area contributed by atoms with Gasteiger partial charge in [0, 0.05) is 37.1 Å². The van der Waals surface area contributed by atoms with E-state index in [0.29, 0.717) is 6.42 Å². The highest BCUT2D eigenvalue weighted by atomic mass is 16.5. The first-order valence-corrected chi connectivity index (χ1v) is 7.23. The van der Waals surface area contributed by atoms with Crippen LogP contribution < -0.4 is 10.1 Å². The lowest BCUT2D eigenvalue weighted by atomic mass is 10.0. The number of hydrogen-bond acceptors (Lipinski definition) is 3. The monoisotopic (exact) mass is 288 g/mol. The van der Waals surface area contributed by atoms with Crippen molar-refractivity contribution < 1.29 is 14.6 Å². The van der Waals surface area contributed by atoms with Gasteiger partial charge in [-0.05, 0) is 36.6 Å². The van der Waals surface area contributed by atoms with Gasteiger partial charge in [0.05, 0.1) is 12.6 Å². The predicted molar refractivity (Wildman–Crippen MR) is 80.9 cm³/mol. The Hall–Kier alpha value is -2.01. The van der Waals surface area contributed by atoms with Gasteiger partial charge in [0.2, 0.25) is 0 Å². The van der Waals surface area contributed by atoms with Gasteiger partial charge in [-0.15, -0.1) is 0 Å². The number of carbonyl (C=O) groups is 1. The maximum atomic E-state index is 10.9. The van der Waals surface area contributed by atoms with Gasteiger partial charge >= 0.3 is 5.97 Å². The van der Waals surface area contributed by atoms with Crippen LogP contribution in [0.1, 0.15) is 23.2 Å². The first kappa shape index (κ1) is 13.9. The van der Waals surface area contributed by atoms with E-state index in [9.17, 15) is 4.79 Å². The van der Waals surface area contributed by atoms with Crippen molar-refractivity contribution >= 4 is 16.9 Å². The molecule has 0 saturated heterocycles. The van der Waals surface area contributed by atoms with Crippen LogP contribution in [-0.4, -0.2) is 29.3 Å². The maximum absolute atomic E-state index is 10.9. The summed E-state index contributed by atoms with van der Waals surface area (Å²) in [4.78, 5) is 10.9. The van der Waals surface area contributed by atoms with Crippen molar-refractivity contribution in [3.8, 4) is 5.75 Å². The van der Waals surface area contributed by atoms with Crippen molar-refractivity contribution in [2.75, 3.05) is 13.7 Å². The number of methoxy groups -OCH3 is 1. The highest BCUT2D eigenvalue weighted by molar-refractivity contribution is 5.90. The fourth-order valence-corrected chi connectivity index (χ4v) is 3.26. The Morgan fingerprint density at radius 3 is 3.00 bits per heavy atom. The van der Waals surface area contributed by atoms with Crippen LogP contribution in [0.15, 0.2) is 12.1 Å². The summed E-state index contributed by atoms with van der Waals surface area (Å²) in [7, 11) is 1.66. The fraction of sp³-hybridized carbons (Fsp3) is 0.438. The molecule has 2 heterocycles. The molecule has 0 unspecified atom stereocenters. The second-order valence-corrected chi connectivity index (χ2v) is 5.49. The fourth-order valence-electron chi connectivity index (χ4n) is 3.26. The highest BCUT2D eigenvalue weighted by Crippen LogP contribution is 2.34. The molecule has 1 aliphatic rings. The Labute approximate surface area is 123 Å². The molecule has 0 radical (unpaired) electrons. The number of nitrogens with zero attached hydrogens (tertiary/aromatic N) is 1. The molecule has 0 saturated carbocycles. The zero-order valence-electron chi connectivity index (χ0n) is 12.4. The molecule has 0 bridgehead atoms. The van der Waals surface area contributed by atoms with Gasteiger partial charge in [0.1, 0.15) is 5.75 Å². The molecular formula is C16H20N2O3. The largest absolute Gasteiger partial charge is 0.497 e. The average molecular weight is 288 g/mol. The quantitative estimate of drug-likeness (QED) is 0.904. The minimum atomic E-state index is -0.758. The predicted octanol–water partition coefficient (Wildman–Crippen LogP) is 2.08. The smallest absolute Gasteiger partial charge is 0.303 e. The summed E-state index contributed by atoms with van der Waals surface area (Å²) in [6, 6.07) is 4.07. The van der Waals surface area contributed by atoms with Crippen molar-refractivity contribution in [1.29, 1.82) is 0 Å². The van der Waals surface area contributed by atoms with Crippen LogP contribution in [0.5, 0.6) is 5.75 Å². The van der Waals surface area contributed by atoms with Crippen LogP contribution in [0.3, 0.4) is 0 Å². The second kappa shape index (κ2) is 5.41. The Balaban J connectivity index is 2.22. The number of aliphatic carboxylic acids is 1. The minimum absolute atomic E-state index is 0.155. The van der Waals surface area contributed by atoms with Crippen molar-refractivity contribution in [1.82, 2.24) is 9.88 Å². The van der Waals surface area contributed by atoms with Gasteiger partial charge in [-0.25, -0.2) is 0 Å². The van der Waals surface area contributed by atoms with E-state index >= 15 is 0 Å². The zero-order chi connectivity index (χ0) is 15.0. The summed E-state index contributed by atoms with van der Waals surface area (Å²) in [6.07, 6.45) is 0.713. The van der Waals surface area contributed by atoms with Crippen molar-refractivity contribution in [3.63, 3.8) is 0 Å². The van der Waals surface area contributed by atoms with E-state index in [-0.39, 0.29) is 6.42 Å². The number of aromatic nitrogens is 1. The summed E-state index contributed by atoms with van der Waals surface area (Å²) in [5.41, 5.74) is 4.75. The third kappa shape index (κ3) is 2.38. The molecule has 0 spiro atoms. The molecule has 5 nitrogen and oxygen atoms in total. The Morgan fingerprint density at radius 1 is 1.48 bits per heavy atom. The number of fused-ring (bicyclic) bond motifs is 3. The SMILES string of the molecule is COc1cc(C)c2c(c1)c(CCC(=O)O)c1n2CCNC1. The van der Waals surface area contributed by atoms with E-state index in [1.165, 1.54) is 16.8 Å². The Bertz CT molecular complexity index is 703. The Kier molecular flexibility index (Phi) is 3.59. The lowest BCUT2D eigenvalue weighted by molar-refractivity contribution is -0.136. The molecule has 0 atom stereocenters. The van der Waals surface area contributed by atoms with E-state index < -0.39 is 5.97 Å². The molecule has 3 rings (SSSR count). The number of rotatable bonds is 4. The third-order valence-electron chi connectivity index (χ3n) is 4.17. The van der Waals surface area contributed by atoms with Crippen LogP contribution in [0.4, 0.5) is 0 Å². The van der Waals surface area contributed by atoms with E-state index in [4.69, 9.17) is 9.84 Å². The lowest BCUT2D eigenvalue weighted by Gasteiger charge is -2.19. The van der Waals surface area contributed by atoms with Crippen LogP contribution in [0, 0.1) is 6.92 Å². The van der Waals surface area contributed by atoms with Gasteiger partial charge in [0.25, 0.3) is 0 Å². The highest BCUT2D eigenvalue weighted by Gasteiger charge is 2.21. The molecule has 21 heavy (non-hydrogen) atoms. The number of carboxylic acid groups (broad SMARTS) is 1. The number of aryl methyl sites for hydroxylation is 2. The number of carboxylic acids is 1. The van der Waals surface area contributed by atoms with E-state index in [0.717, 1.165) is 36.3 Å². The van der Waals surface area contributed by atoms with Gasteiger partial charge in [-0.3, -0.25) is 4.79 Å². The minimum Gasteiger partial charge on any atom is -0.497 e. The normalized spacial score (nSPS) is 14.2. The van der Waals surface area contributed by atoms with Crippen LogP contribution >= 0.6 is 0 Å². The topological polar surface area (TPSA) is 63.5 Å². The Morgan fingerprint density at radius 2 is 2.29 bits per heavy atom. The van der Waals surface area contributed by atoms with Crippen LogP contribution in [0.2, 0.25) is 0 Å². The average Bonchev–Trinajstić information content (AvgIpc) is 2.79. The van der Waals surface area contributed by atoms with Gasteiger partial charge in [-0.2, -0.15) is 0 Å². The molecule has 1 aromatic heterocycles. The number of hydrogen-bond donors (Lipinski definition) is 2. The summed E-state index contributed by atoms with van der Waals surface area (Å²) < 4.78 is 7.71. The summed E-state index contributed by atoms with van der Waals surface area (Å²) in [5.74, 6) is 0.0685. The first-order chi connectivity index (χ1) is 10.1. The van der Waals surface area contributed by atoms with Crippen molar-refractivity contribution in [2.45, 2.75) is 32.9 Å². The summed E-state index contributed by atoms with van der Waals surface area (Å²) in [5, 5.41) is 13.5. The molecule has 2 N–H and O–H groups in total. The first-order valence-electron chi connectivity index (χ1n) is 7.23. The molecule has 5 heteroatoms. The van der Waals surface area contributed by atoms with E-state index in [1.54, 1.807) is 7.11 Å². The maximum Gasteiger partial charge on any atom is 0.303 e. The second-order valence-electron chi connectivity index (χ2n) is 5.49. The molecule has 0 fully saturated rings. The molecule has 0 amide bonds. The number of ether oxygens (including phenoxy) is 1. The van der Waals surface area contributed by atoms with Crippen LogP contribution in [0.25, 0.3) is 10.9 Å². The lowest BCUT2D eigenvalue weighted by Crippen LogP contribution is -2.28. The summed E-state index contributed by atoms with van der Waals surface area (Å²) in [6.45, 7) is 4.75. The molecule has 0 aliphatic carbocycles. The van der Waals surface area contributed by atoms with Gasteiger partial charge in [-0.1, -0.05) is 0 Å². The summed E-state index contributed by atoms with van der Waals surface area (Å²) >= 11 is 0. The molecule has 112 valence electrons. The standard InChI is InChI=1S/C16H20N2O3/c1-10-7-11(21-2)8-13-12(3-4-15(19)20)14-9-17-5-6-18(14)16(10)13/h7-8,17H,3-6,9H2,1-2H3,(H,19,20). The number of nitrogens with one attached hydrogen (secondary N) is 1. The molecule has 1 aromatic carbocycles. The van der Waals surface area contributed by atoms with E-state index in [2.05, 4.69) is 16.8 Å². The van der Waals surface area contributed by atoms with Crippen molar-refractivity contribution in [2.24, 2.45) is 0 Å². The van der Waals surface area contributed by atoms with Crippen LogP contribution in [-0.2, 0) is 24.3 Å². The molecule has 1 aliphatic heterocycles. The number of benzene rings is 1. The van der Waals surface area contributed by atoms with Crippen molar-refractivity contribution in [3.05, 3.63) is 29.0 Å². The zero-order valence-corrected chi connectivity index (χ0v) is 12.4. The van der Waals surface area contributed by atoms with E-state index in [1.807, 2.05) is 12.1 Å². The molecule has 2 aromatic rings. The van der Waals surface area contributed by atoms with Gasteiger partial charge < -0.3 is 19.7 Å². The van der Waals surface area contributed by atoms with Gasteiger partial charge in [0.15, 0.2) is 0 Å².